The van der Waals surface area contributed by atoms with Crippen LogP contribution in [-0.2, 0) is 9.53 Å². The van der Waals surface area contributed by atoms with Crippen molar-refractivity contribution in [2.24, 2.45) is 5.92 Å². The van der Waals surface area contributed by atoms with Gasteiger partial charge in [0.2, 0.25) is 5.91 Å². The molecule has 2 atom stereocenters. The van der Waals surface area contributed by atoms with E-state index in [1.165, 1.54) is 25.0 Å². The van der Waals surface area contributed by atoms with E-state index < -0.39 is 5.82 Å². The van der Waals surface area contributed by atoms with E-state index in [-0.39, 0.29) is 24.0 Å². The van der Waals surface area contributed by atoms with E-state index in [0.717, 1.165) is 32.3 Å². The minimum Gasteiger partial charge on any atom is -0.376 e. The van der Waals surface area contributed by atoms with E-state index in [4.69, 9.17) is 4.74 Å². The molecule has 2 amide bonds. The second-order valence-corrected chi connectivity index (χ2v) is 8.71. The smallest absolute Gasteiger partial charge is 0.254 e. The average molecular weight is 418 g/mol. The highest BCUT2D eigenvalue weighted by Gasteiger charge is 2.37. The summed E-state index contributed by atoms with van der Waals surface area (Å²) in [5.41, 5.74) is 0.380. The molecule has 3 aliphatic rings. The van der Waals surface area contributed by atoms with Crippen LogP contribution in [-0.4, -0.2) is 73.1 Å². The maximum absolute atomic E-state index is 13.5. The fourth-order valence-corrected chi connectivity index (χ4v) is 5.08. The Kier molecular flexibility index (Phi) is 7.00. The van der Waals surface area contributed by atoms with Crippen LogP contribution < -0.4 is 5.32 Å². The van der Waals surface area contributed by atoms with Crippen LogP contribution in [0.15, 0.2) is 24.3 Å². The minimum atomic E-state index is -0.399. The molecule has 2 heterocycles. The standard InChI is InChI=1S/C23H32FN3O3/c24-19-8-3-7-18(15-19)23(29)27-12-10-26(11-13-27)21(17-5-1-2-6-17)22(28)25-16-20-9-4-14-30-20/h3,7-8,15,17,20-21H,1-2,4-6,9-14,16H2,(H,25,28)/t20-,21+/m1/s1. The molecule has 30 heavy (non-hydrogen) atoms. The van der Waals surface area contributed by atoms with Crippen LogP contribution in [0, 0.1) is 11.7 Å². The fraction of sp³-hybridized carbons (Fsp3) is 0.652. The first-order valence-electron chi connectivity index (χ1n) is 11.3. The molecule has 2 aliphatic heterocycles. The molecule has 6 nitrogen and oxygen atoms in total. The Bertz CT molecular complexity index is 739. The zero-order valence-electron chi connectivity index (χ0n) is 17.5. The topological polar surface area (TPSA) is 61.9 Å². The lowest BCUT2D eigenvalue weighted by atomic mass is 9.94. The number of carbonyl (C=O) groups is 2. The highest BCUT2D eigenvalue weighted by Crippen LogP contribution is 2.31. The summed E-state index contributed by atoms with van der Waals surface area (Å²) in [4.78, 5) is 29.9. The second-order valence-electron chi connectivity index (χ2n) is 8.71. The number of nitrogens with zero attached hydrogens (tertiary/aromatic N) is 2. The lowest BCUT2D eigenvalue weighted by Gasteiger charge is -2.41. The van der Waals surface area contributed by atoms with Crippen LogP contribution in [0.5, 0.6) is 0 Å². The van der Waals surface area contributed by atoms with Crippen molar-refractivity contribution in [1.82, 2.24) is 15.1 Å². The number of amides is 2. The van der Waals surface area contributed by atoms with E-state index in [1.54, 1.807) is 17.0 Å². The van der Waals surface area contributed by atoms with Gasteiger partial charge in [-0.2, -0.15) is 0 Å². The third-order valence-electron chi connectivity index (χ3n) is 6.71. The van der Waals surface area contributed by atoms with Gasteiger partial charge >= 0.3 is 0 Å². The summed E-state index contributed by atoms with van der Waals surface area (Å²) in [5, 5.41) is 3.14. The Morgan fingerprint density at radius 3 is 2.53 bits per heavy atom. The molecule has 0 aromatic heterocycles. The van der Waals surface area contributed by atoms with E-state index in [9.17, 15) is 14.0 Å². The zero-order valence-corrected chi connectivity index (χ0v) is 17.5. The largest absolute Gasteiger partial charge is 0.376 e. The van der Waals surface area contributed by atoms with Crippen molar-refractivity contribution in [2.45, 2.75) is 50.7 Å². The Labute approximate surface area is 177 Å². The molecule has 1 aliphatic carbocycles. The number of halogens is 1. The van der Waals surface area contributed by atoms with Crippen molar-refractivity contribution in [2.75, 3.05) is 39.3 Å². The Hall–Kier alpha value is -1.99. The first-order chi connectivity index (χ1) is 14.6. The Morgan fingerprint density at radius 1 is 1.10 bits per heavy atom. The van der Waals surface area contributed by atoms with E-state index in [0.29, 0.717) is 44.2 Å². The normalized spacial score (nSPS) is 24.2. The third kappa shape index (κ3) is 5.01. The SMILES string of the molecule is O=C(NC[C@H]1CCCO1)[C@H](C1CCCC1)N1CCN(C(=O)c2cccc(F)c2)CC1. The molecule has 2 saturated heterocycles. The summed E-state index contributed by atoms with van der Waals surface area (Å²) >= 11 is 0. The quantitative estimate of drug-likeness (QED) is 0.772. The second kappa shape index (κ2) is 9.88. The predicted molar refractivity (Wildman–Crippen MR) is 112 cm³/mol. The molecular weight excluding hydrogens is 385 g/mol. The fourth-order valence-electron chi connectivity index (χ4n) is 5.08. The number of carbonyl (C=O) groups excluding carboxylic acids is 2. The molecule has 0 bridgehead atoms. The van der Waals surface area contributed by atoms with Gasteiger partial charge in [-0.1, -0.05) is 18.9 Å². The molecule has 1 N–H and O–H groups in total. The van der Waals surface area contributed by atoms with Gasteiger partial charge in [0, 0.05) is 44.9 Å². The van der Waals surface area contributed by atoms with E-state index in [2.05, 4.69) is 10.2 Å². The molecule has 3 fully saturated rings. The van der Waals surface area contributed by atoms with Crippen molar-refractivity contribution >= 4 is 11.8 Å². The third-order valence-corrected chi connectivity index (χ3v) is 6.71. The van der Waals surface area contributed by atoms with Gasteiger partial charge in [-0.25, -0.2) is 4.39 Å². The number of benzene rings is 1. The lowest BCUT2D eigenvalue weighted by molar-refractivity contribution is -0.129. The Balaban J connectivity index is 1.36. The highest BCUT2D eigenvalue weighted by molar-refractivity contribution is 5.94. The van der Waals surface area contributed by atoms with Gasteiger partial charge in [-0.15, -0.1) is 0 Å². The van der Waals surface area contributed by atoms with Gasteiger partial charge in [-0.05, 0) is 49.8 Å². The Morgan fingerprint density at radius 2 is 1.87 bits per heavy atom. The van der Waals surface area contributed by atoms with Gasteiger partial charge in [0.1, 0.15) is 5.82 Å². The predicted octanol–water partition coefficient (Wildman–Crippen LogP) is 2.44. The molecule has 7 heteroatoms. The van der Waals surface area contributed by atoms with Crippen LogP contribution >= 0.6 is 0 Å². The monoisotopic (exact) mass is 417 g/mol. The summed E-state index contributed by atoms with van der Waals surface area (Å²) < 4.78 is 19.1. The van der Waals surface area contributed by atoms with Gasteiger partial charge in [-0.3, -0.25) is 14.5 Å². The van der Waals surface area contributed by atoms with Gasteiger partial charge in [0.15, 0.2) is 0 Å². The van der Waals surface area contributed by atoms with Gasteiger partial charge < -0.3 is 15.0 Å². The number of hydrogen-bond acceptors (Lipinski definition) is 4. The molecule has 4 rings (SSSR count). The molecule has 1 saturated carbocycles. The molecule has 0 radical (unpaired) electrons. The first kappa shape index (κ1) is 21.2. The number of rotatable bonds is 6. The molecule has 1 aromatic rings. The zero-order chi connectivity index (χ0) is 20.9. The van der Waals surface area contributed by atoms with E-state index in [1.807, 2.05) is 0 Å². The highest BCUT2D eigenvalue weighted by atomic mass is 19.1. The summed E-state index contributed by atoms with van der Waals surface area (Å²) in [6.07, 6.45) is 6.74. The number of ether oxygens (including phenoxy) is 1. The van der Waals surface area contributed by atoms with Crippen molar-refractivity contribution in [3.63, 3.8) is 0 Å². The number of hydrogen-bond donors (Lipinski definition) is 1. The maximum Gasteiger partial charge on any atom is 0.254 e. The first-order valence-corrected chi connectivity index (χ1v) is 11.3. The van der Waals surface area contributed by atoms with Crippen molar-refractivity contribution in [3.8, 4) is 0 Å². The number of nitrogens with one attached hydrogen (secondary N) is 1. The van der Waals surface area contributed by atoms with Gasteiger partial charge in [0.05, 0.1) is 12.1 Å². The average Bonchev–Trinajstić information content (AvgIpc) is 3.47. The van der Waals surface area contributed by atoms with Crippen molar-refractivity contribution in [1.29, 1.82) is 0 Å². The van der Waals surface area contributed by atoms with Crippen LogP contribution in [0.25, 0.3) is 0 Å². The summed E-state index contributed by atoms with van der Waals surface area (Å²) in [6, 6.07) is 5.70. The summed E-state index contributed by atoms with van der Waals surface area (Å²) in [7, 11) is 0. The minimum absolute atomic E-state index is 0.0994. The van der Waals surface area contributed by atoms with Gasteiger partial charge in [0.25, 0.3) is 5.91 Å². The van der Waals surface area contributed by atoms with E-state index >= 15 is 0 Å². The lowest BCUT2D eigenvalue weighted by Crippen LogP contribution is -2.58. The number of piperazine rings is 1. The molecular formula is C23H32FN3O3. The molecule has 0 spiro atoms. The summed E-state index contributed by atoms with van der Waals surface area (Å²) in [5.74, 6) is -0.0691. The van der Waals surface area contributed by atoms with Crippen LogP contribution in [0.4, 0.5) is 4.39 Å². The maximum atomic E-state index is 13.5. The molecule has 164 valence electrons. The van der Waals surface area contributed by atoms with Crippen LogP contribution in [0.1, 0.15) is 48.9 Å². The summed E-state index contributed by atoms with van der Waals surface area (Å²) in [6.45, 7) is 3.80. The van der Waals surface area contributed by atoms with Crippen LogP contribution in [0.2, 0.25) is 0 Å². The van der Waals surface area contributed by atoms with Crippen molar-refractivity contribution < 1.29 is 18.7 Å². The molecule has 0 unspecified atom stereocenters. The molecule has 1 aromatic carbocycles. The van der Waals surface area contributed by atoms with Crippen LogP contribution in [0.3, 0.4) is 0 Å². The van der Waals surface area contributed by atoms with Crippen molar-refractivity contribution in [3.05, 3.63) is 35.6 Å².